The number of hydrogen-bond acceptors (Lipinski definition) is 1. The van der Waals surface area contributed by atoms with Crippen molar-refractivity contribution >= 4 is 11.6 Å². The summed E-state index contributed by atoms with van der Waals surface area (Å²) in [5.41, 5.74) is 0.144. The fraction of sp³-hybridized carbons (Fsp3) is 0.0833. The van der Waals surface area contributed by atoms with Crippen molar-refractivity contribution < 1.29 is 13.2 Å². The molecule has 0 radical (unpaired) electrons. The van der Waals surface area contributed by atoms with Gasteiger partial charge in [-0.1, -0.05) is 41.9 Å². The zero-order valence-corrected chi connectivity index (χ0v) is 9.26. The summed E-state index contributed by atoms with van der Waals surface area (Å²) >= 11 is 5.44. The van der Waals surface area contributed by atoms with Gasteiger partial charge in [0.1, 0.15) is 5.15 Å². The highest BCUT2D eigenvalue weighted by Crippen LogP contribution is 2.35. The van der Waals surface area contributed by atoms with Crippen LogP contribution in [0.3, 0.4) is 0 Å². The van der Waals surface area contributed by atoms with E-state index >= 15 is 0 Å². The van der Waals surface area contributed by atoms with Crippen LogP contribution in [0, 0.1) is 0 Å². The summed E-state index contributed by atoms with van der Waals surface area (Å²) in [5, 5.41) is -0.530. The zero-order chi connectivity index (χ0) is 12.5. The van der Waals surface area contributed by atoms with Crippen molar-refractivity contribution in [3.8, 4) is 11.1 Å². The molecule has 0 N–H and O–H groups in total. The van der Waals surface area contributed by atoms with Crippen LogP contribution in [0.25, 0.3) is 11.1 Å². The van der Waals surface area contributed by atoms with Gasteiger partial charge in [-0.15, -0.1) is 0 Å². The second-order valence-corrected chi connectivity index (χ2v) is 3.78. The number of pyridine rings is 1. The fourth-order valence-corrected chi connectivity index (χ4v) is 1.65. The van der Waals surface area contributed by atoms with E-state index in [1.165, 1.54) is 6.20 Å². The Morgan fingerprint density at radius 3 is 2.24 bits per heavy atom. The number of hydrogen-bond donors (Lipinski definition) is 0. The van der Waals surface area contributed by atoms with E-state index in [0.29, 0.717) is 11.1 Å². The summed E-state index contributed by atoms with van der Waals surface area (Å²) < 4.78 is 37.9. The molecule has 0 fully saturated rings. The predicted octanol–water partition coefficient (Wildman–Crippen LogP) is 4.42. The van der Waals surface area contributed by atoms with Gasteiger partial charge < -0.3 is 0 Å². The highest BCUT2D eigenvalue weighted by atomic mass is 35.5. The lowest BCUT2D eigenvalue weighted by Crippen LogP contribution is -2.07. The summed E-state index contributed by atoms with van der Waals surface area (Å²) in [6, 6.07) is 9.72. The topological polar surface area (TPSA) is 12.9 Å². The Hall–Kier alpha value is -1.55. The first-order chi connectivity index (χ1) is 7.98. The van der Waals surface area contributed by atoms with Crippen LogP contribution in [-0.4, -0.2) is 4.98 Å². The van der Waals surface area contributed by atoms with Crippen LogP contribution >= 0.6 is 11.6 Å². The molecule has 1 aromatic heterocycles. The van der Waals surface area contributed by atoms with Gasteiger partial charge in [0.15, 0.2) is 0 Å². The Bertz CT molecular complexity index is 523. The first-order valence-corrected chi connectivity index (χ1v) is 5.14. The minimum atomic E-state index is -4.49. The Morgan fingerprint density at radius 1 is 1.00 bits per heavy atom. The van der Waals surface area contributed by atoms with E-state index in [9.17, 15) is 13.2 Å². The third-order valence-electron chi connectivity index (χ3n) is 2.25. The molecule has 17 heavy (non-hydrogen) atoms. The maximum atomic E-state index is 12.6. The average molecular weight is 258 g/mol. The summed E-state index contributed by atoms with van der Waals surface area (Å²) in [6.07, 6.45) is -3.16. The smallest absolute Gasteiger partial charge is 0.243 e. The van der Waals surface area contributed by atoms with Gasteiger partial charge in [-0.2, -0.15) is 13.2 Å². The Balaban J connectivity index is 2.53. The highest BCUT2D eigenvalue weighted by molar-refractivity contribution is 6.30. The minimum absolute atomic E-state index is 0.391. The van der Waals surface area contributed by atoms with Crippen LogP contribution in [0.5, 0.6) is 0 Å². The summed E-state index contributed by atoms with van der Waals surface area (Å²) in [6.45, 7) is 0. The molecule has 0 aliphatic carbocycles. The third-order valence-corrected chi connectivity index (χ3v) is 2.55. The second kappa shape index (κ2) is 4.37. The van der Waals surface area contributed by atoms with Crippen molar-refractivity contribution in [2.24, 2.45) is 0 Å². The van der Waals surface area contributed by atoms with Crippen LogP contribution in [0.2, 0.25) is 5.15 Å². The molecule has 0 aliphatic heterocycles. The van der Waals surface area contributed by atoms with Gasteiger partial charge in [0.25, 0.3) is 0 Å². The van der Waals surface area contributed by atoms with Crippen molar-refractivity contribution in [3.05, 3.63) is 53.3 Å². The predicted molar refractivity (Wildman–Crippen MR) is 59.7 cm³/mol. The lowest BCUT2D eigenvalue weighted by Gasteiger charge is -2.10. The number of aromatic nitrogens is 1. The molecule has 1 heterocycles. The first-order valence-electron chi connectivity index (χ1n) is 4.76. The van der Waals surface area contributed by atoms with Crippen LogP contribution in [0.15, 0.2) is 42.6 Å². The van der Waals surface area contributed by atoms with Crippen LogP contribution in [0.4, 0.5) is 13.2 Å². The zero-order valence-electron chi connectivity index (χ0n) is 8.50. The molecule has 0 saturated heterocycles. The SMILES string of the molecule is FC(F)(F)c1cc(-c2ccccc2)cnc1Cl. The quantitative estimate of drug-likeness (QED) is 0.689. The maximum absolute atomic E-state index is 12.6. The summed E-state index contributed by atoms with van der Waals surface area (Å²) in [7, 11) is 0. The molecular weight excluding hydrogens is 251 g/mol. The van der Waals surface area contributed by atoms with Gasteiger partial charge in [0.2, 0.25) is 0 Å². The van der Waals surface area contributed by atoms with Crippen LogP contribution < -0.4 is 0 Å². The number of rotatable bonds is 1. The second-order valence-electron chi connectivity index (χ2n) is 3.43. The van der Waals surface area contributed by atoms with Gasteiger partial charge in [0, 0.05) is 11.8 Å². The van der Waals surface area contributed by atoms with Gasteiger partial charge >= 0.3 is 6.18 Å². The molecule has 88 valence electrons. The maximum Gasteiger partial charge on any atom is 0.419 e. The molecule has 0 aliphatic rings. The third kappa shape index (κ3) is 2.58. The van der Waals surface area contributed by atoms with E-state index in [1.807, 2.05) is 0 Å². The van der Waals surface area contributed by atoms with Crippen molar-refractivity contribution in [2.75, 3.05) is 0 Å². The lowest BCUT2D eigenvalue weighted by atomic mass is 10.1. The van der Waals surface area contributed by atoms with E-state index in [-0.39, 0.29) is 0 Å². The number of halogens is 4. The standard InChI is InChI=1S/C12H7ClF3N/c13-11-10(12(14,15)16)6-9(7-17-11)8-4-2-1-3-5-8/h1-7H. The number of alkyl halides is 3. The molecule has 2 aromatic rings. The molecule has 0 saturated carbocycles. The molecule has 0 amide bonds. The highest BCUT2D eigenvalue weighted by Gasteiger charge is 2.34. The molecule has 2 rings (SSSR count). The Labute approximate surface area is 101 Å². The minimum Gasteiger partial charge on any atom is -0.243 e. The van der Waals surface area contributed by atoms with Crippen LogP contribution in [0.1, 0.15) is 5.56 Å². The Kier molecular flexibility index (Phi) is 3.07. The molecule has 5 heteroatoms. The molecule has 0 atom stereocenters. The summed E-state index contributed by atoms with van der Waals surface area (Å²) in [4.78, 5) is 3.57. The molecule has 1 aromatic carbocycles. The molecule has 0 bridgehead atoms. The first kappa shape index (κ1) is 11.9. The fourth-order valence-electron chi connectivity index (χ4n) is 1.44. The van der Waals surface area contributed by atoms with E-state index in [0.717, 1.165) is 6.07 Å². The Morgan fingerprint density at radius 2 is 1.65 bits per heavy atom. The van der Waals surface area contributed by atoms with Crippen molar-refractivity contribution in [3.63, 3.8) is 0 Å². The number of nitrogens with zero attached hydrogens (tertiary/aromatic N) is 1. The van der Waals surface area contributed by atoms with Gasteiger partial charge in [-0.05, 0) is 11.6 Å². The van der Waals surface area contributed by atoms with Crippen molar-refractivity contribution in [1.29, 1.82) is 0 Å². The normalized spacial score (nSPS) is 11.5. The monoisotopic (exact) mass is 257 g/mol. The van der Waals surface area contributed by atoms with Crippen molar-refractivity contribution in [1.82, 2.24) is 4.98 Å². The van der Waals surface area contributed by atoms with E-state index in [1.54, 1.807) is 30.3 Å². The van der Waals surface area contributed by atoms with E-state index < -0.39 is 16.9 Å². The van der Waals surface area contributed by atoms with Gasteiger partial charge in [-0.3, -0.25) is 0 Å². The van der Waals surface area contributed by atoms with E-state index in [2.05, 4.69) is 4.98 Å². The van der Waals surface area contributed by atoms with Gasteiger partial charge in [-0.25, -0.2) is 4.98 Å². The van der Waals surface area contributed by atoms with Crippen molar-refractivity contribution in [2.45, 2.75) is 6.18 Å². The summed E-state index contributed by atoms with van der Waals surface area (Å²) in [5.74, 6) is 0. The molecule has 0 spiro atoms. The largest absolute Gasteiger partial charge is 0.419 e. The van der Waals surface area contributed by atoms with Crippen LogP contribution in [-0.2, 0) is 6.18 Å². The number of benzene rings is 1. The molecule has 0 unspecified atom stereocenters. The molecule has 1 nitrogen and oxygen atoms in total. The van der Waals surface area contributed by atoms with E-state index in [4.69, 9.17) is 11.6 Å². The average Bonchev–Trinajstić information content (AvgIpc) is 2.29. The molecular formula is C12H7ClF3N. The van der Waals surface area contributed by atoms with Gasteiger partial charge in [0.05, 0.1) is 5.56 Å². The lowest BCUT2D eigenvalue weighted by molar-refractivity contribution is -0.137.